The Morgan fingerprint density at radius 2 is 1.03 bits per heavy atom. The van der Waals surface area contributed by atoms with Gasteiger partial charge in [-0.1, -0.05) is 24.3 Å². The third-order valence-electron chi connectivity index (χ3n) is 4.01. The van der Waals surface area contributed by atoms with Crippen molar-refractivity contribution in [2.45, 2.75) is 6.92 Å². The molecule has 0 radical (unpaired) electrons. The van der Waals surface area contributed by atoms with Crippen molar-refractivity contribution < 1.29 is 28.6 Å². The third-order valence-corrected chi connectivity index (χ3v) is 4.01. The summed E-state index contributed by atoms with van der Waals surface area (Å²) in [4.78, 5) is 30.8. The summed E-state index contributed by atoms with van der Waals surface area (Å²) in [5, 5.41) is 0. The first-order chi connectivity index (χ1) is 15.0. The lowest BCUT2D eigenvalue weighted by atomic mass is 10.1. The molecule has 0 bridgehead atoms. The molecular weight excluding hydrogens is 396 g/mol. The van der Waals surface area contributed by atoms with Gasteiger partial charge in [0, 0.05) is 16.7 Å². The number of aldehydes is 3. The predicted octanol–water partition coefficient (Wildman–Crippen LogP) is 4.83. The van der Waals surface area contributed by atoms with Crippen molar-refractivity contribution in [3.8, 4) is 17.2 Å². The topological polar surface area (TPSA) is 78.9 Å². The van der Waals surface area contributed by atoms with Crippen LogP contribution in [0.3, 0.4) is 0 Å². The summed E-state index contributed by atoms with van der Waals surface area (Å²) in [6.45, 7) is 1.91. The zero-order valence-corrected chi connectivity index (χ0v) is 18.0. The van der Waals surface area contributed by atoms with Crippen LogP contribution < -0.4 is 14.2 Å². The van der Waals surface area contributed by atoms with Crippen molar-refractivity contribution in [3.63, 3.8) is 0 Å². The molecule has 0 spiro atoms. The Labute approximate surface area is 182 Å². The zero-order chi connectivity index (χ0) is 23.1. The van der Waals surface area contributed by atoms with E-state index in [2.05, 4.69) is 0 Å². The van der Waals surface area contributed by atoms with Crippen LogP contribution in [0, 0.1) is 6.92 Å². The van der Waals surface area contributed by atoms with Gasteiger partial charge in [0.05, 0.1) is 21.3 Å². The summed E-state index contributed by atoms with van der Waals surface area (Å²) in [5.74, 6) is 2.24. The smallest absolute Gasteiger partial charge is 0.150 e. The van der Waals surface area contributed by atoms with Crippen molar-refractivity contribution in [1.29, 1.82) is 0 Å². The zero-order valence-electron chi connectivity index (χ0n) is 18.0. The number of rotatable bonds is 6. The molecule has 3 rings (SSSR count). The fourth-order valence-corrected chi connectivity index (χ4v) is 2.40. The molecule has 0 aromatic heterocycles. The Bertz CT molecular complexity index is 930. The molecule has 31 heavy (non-hydrogen) atoms. The Morgan fingerprint density at radius 1 is 0.581 bits per heavy atom. The minimum atomic E-state index is 0.638. The molecule has 0 aliphatic heterocycles. The number of hydrogen-bond donors (Lipinski definition) is 0. The van der Waals surface area contributed by atoms with E-state index in [1.807, 2.05) is 6.92 Å². The summed E-state index contributed by atoms with van der Waals surface area (Å²) in [7, 11) is 4.76. The van der Waals surface area contributed by atoms with Crippen LogP contribution in [0.15, 0.2) is 66.7 Å². The highest BCUT2D eigenvalue weighted by Gasteiger charge is 1.97. The maximum absolute atomic E-state index is 10.3. The number of carbonyl (C=O) groups excluding carboxylic acids is 3. The summed E-state index contributed by atoms with van der Waals surface area (Å²) < 4.78 is 14.8. The fraction of sp³-hybridized carbons (Fsp3) is 0.160. The lowest BCUT2D eigenvalue weighted by molar-refractivity contribution is 0.111. The van der Waals surface area contributed by atoms with Gasteiger partial charge in [-0.3, -0.25) is 14.4 Å². The van der Waals surface area contributed by atoms with Crippen molar-refractivity contribution >= 4 is 18.9 Å². The minimum Gasteiger partial charge on any atom is -0.497 e. The predicted molar refractivity (Wildman–Crippen MR) is 120 cm³/mol. The molecule has 0 atom stereocenters. The van der Waals surface area contributed by atoms with Gasteiger partial charge >= 0.3 is 0 Å². The van der Waals surface area contributed by atoms with Crippen LogP contribution in [0.5, 0.6) is 17.2 Å². The molecule has 0 aliphatic rings. The van der Waals surface area contributed by atoms with Crippen LogP contribution in [-0.4, -0.2) is 40.2 Å². The van der Waals surface area contributed by atoms with Crippen LogP contribution >= 0.6 is 0 Å². The summed E-state index contributed by atoms with van der Waals surface area (Å²) >= 11 is 0. The van der Waals surface area contributed by atoms with Crippen LogP contribution in [0.25, 0.3) is 0 Å². The van der Waals surface area contributed by atoms with E-state index in [1.165, 1.54) is 0 Å². The molecule has 0 unspecified atom stereocenters. The molecule has 3 aromatic rings. The van der Waals surface area contributed by atoms with Crippen LogP contribution in [0.2, 0.25) is 0 Å². The first-order valence-corrected chi connectivity index (χ1v) is 9.29. The van der Waals surface area contributed by atoms with Crippen LogP contribution in [0.4, 0.5) is 0 Å². The van der Waals surface area contributed by atoms with E-state index in [4.69, 9.17) is 14.2 Å². The molecule has 162 valence electrons. The van der Waals surface area contributed by atoms with Gasteiger partial charge in [0.15, 0.2) is 0 Å². The Kier molecular flexibility index (Phi) is 11.4. The molecule has 3 aromatic carbocycles. The van der Waals surface area contributed by atoms with Crippen molar-refractivity contribution in [1.82, 2.24) is 0 Å². The largest absolute Gasteiger partial charge is 0.497 e. The van der Waals surface area contributed by atoms with Crippen LogP contribution in [-0.2, 0) is 0 Å². The van der Waals surface area contributed by atoms with Crippen LogP contribution in [0.1, 0.15) is 36.6 Å². The van der Waals surface area contributed by atoms with E-state index in [0.29, 0.717) is 28.2 Å². The number of aryl methyl sites for hydroxylation is 1. The molecular formula is C25H26O6. The van der Waals surface area contributed by atoms with E-state index >= 15 is 0 Å². The summed E-state index contributed by atoms with van der Waals surface area (Å²) in [6.07, 6.45) is 2.41. The van der Waals surface area contributed by atoms with E-state index in [0.717, 1.165) is 30.2 Å². The van der Waals surface area contributed by atoms with Crippen molar-refractivity contribution in [2.75, 3.05) is 21.3 Å². The van der Waals surface area contributed by atoms with E-state index in [9.17, 15) is 14.4 Å². The first-order valence-electron chi connectivity index (χ1n) is 9.29. The number of methoxy groups -OCH3 is 3. The first kappa shape index (κ1) is 25.1. The average molecular weight is 422 g/mol. The average Bonchev–Trinajstić information content (AvgIpc) is 2.84. The molecule has 0 N–H and O–H groups in total. The molecule has 0 saturated carbocycles. The Balaban J connectivity index is 0.000000233. The van der Waals surface area contributed by atoms with Gasteiger partial charge in [-0.25, -0.2) is 0 Å². The van der Waals surface area contributed by atoms with E-state index < -0.39 is 0 Å². The molecule has 6 nitrogen and oxygen atoms in total. The SMILES string of the molecule is COc1ccc(C=O)cc1C.COc1cccc(C=O)c1.COc1cccc(C=O)c1. The molecule has 0 amide bonds. The lowest BCUT2D eigenvalue weighted by Crippen LogP contribution is -1.88. The third kappa shape index (κ3) is 8.95. The molecule has 6 heteroatoms. The molecule has 0 aliphatic carbocycles. The van der Waals surface area contributed by atoms with E-state index in [1.54, 1.807) is 88.1 Å². The lowest BCUT2D eigenvalue weighted by Gasteiger charge is -2.03. The van der Waals surface area contributed by atoms with Gasteiger partial charge in [0.25, 0.3) is 0 Å². The quantitative estimate of drug-likeness (QED) is 0.530. The monoisotopic (exact) mass is 422 g/mol. The normalized spacial score (nSPS) is 9.03. The highest BCUT2D eigenvalue weighted by atomic mass is 16.5. The number of carbonyl (C=O) groups is 3. The highest BCUT2D eigenvalue weighted by molar-refractivity contribution is 5.76. The summed E-state index contributed by atoms with van der Waals surface area (Å²) in [5.41, 5.74) is 2.94. The molecule has 0 fully saturated rings. The van der Waals surface area contributed by atoms with Gasteiger partial charge in [-0.2, -0.15) is 0 Å². The van der Waals surface area contributed by atoms with Gasteiger partial charge < -0.3 is 14.2 Å². The molecule has 0 heterocycles. The highest BCUT2D eigenvalue weighted by Crippen LogP contribution is 2.17. The van der Waals surface area contributed by atoms with Gasteiger partial charge in [-0.15, -0.1) is 0 Å². The maximum atomic E-state index is 10.3. The number of ether oxygens (including phenoxy) is 3. The summed E-state index contributed by atoms with van der Waals surface area (Å²) in [6, 6.07) is 19.3. The van der Waals surface area contributed by atoms with Crippen molar-refractivity contribution in [3.05, 3.63) is 89.0 Å². The Hall–Kier alpha value is -3.93. The standard InChI is InChI=1S/C9H10O2.2C8H8O2/c1-7-5-8(6-10)3-4-9(7)11-2;2*1-10-8-4-2-3-7(5-8)6-9/h3-6H,1-2H3;2*2-6H,1H3. The van der Waals surface area contributed by atoms with Gasteiger partial charge in [0.2, 0.25) is 0 Å². The second-order valence-electron chi connectivity index (χ2n) is 6.14. The fourth-order valence-electron chi connectivity index (χ4n) is 2.40. The maximum Gasteiger partial charge on any atom is 0.150 e. The second-order valence-corrected chi connectivity index (χ2v) is 6.14. The van der Waals surface area contributed by atoms with Crippen molar-refractivity contribution in [2.24, 2.45) is 0 Å². The minimum absolute atomic E-state index is 0.638. The second kappa shape index (κ2) is 14.1. The van der Waals surface area contributed by atoms with Gasteiger partial charge in [-0.05, 0) is 55.0 Å². The van der Waals surface area contributed by atoms with Gasteiger partial charge in [0.1, 0.15) is 36.1 Å². The number of hydrogen-bond acceptors (Lipinski definition) is 6. The Morgan fingerprint density at radius 3 is 1.39 bits per heavy atom. The molecule has 0 saturated heterocycles. The van der Waals surface area contributed by atoms with E-state index in [-0.39, 0.29) is 0 Å². The number of benzene rings is 3.